The molecule has 0 heterocycles. The molecule has 4 N–H and O–H groups in total. The lowest BCUT2D eigenvalue weighted by atomic mass is 9.95. The van der Waals surface area contributed by atoms with Crippen molar-refractivity contribution >= 4 is 32.4 Å². The van der Waals surface area contributed by atoms with Crippen LogP contribution in [0.15, 0.2) is 35.2 Å². The summed E-state index contributed by atoms with van der Waals surface area (Å²) in [5.41, 5.74) is 6.85. The summed E-state index contributed by atoms with van der Waals surface area (Å²) in [5, 5.41) is 7.48. The Morgan fingerprint density at radius 1 is 1.14 bits per heavy atom. The second-order valence-corrected chi connectivity index (χ2v) is 7.40. The molecule has 22 heavy (non-hydrogen) atoms. The Morgan fingerprint density at radius 3 is 2.50 bits per heavy atom. The minimum absolute atomic E-state index is 0.0891. The Bertz CT molecular complexity index is 775. The van der Waals surface area contributed by atoms with Crippen LogP contribution in [0.5, 0.6) is 0 Å². The van der Waals surface area contributed by atoms with Gasteiger partial charge in [0.1, 0.15) is 0 Å². The van der Waals surface area contributed by atoms with E-state index < -0.39 is 10.0 Å². The topological polar surface area (TPSA) is 86.2 Å². The molecule has 0 spiro atoms. The van der Waals surface area contributed by atoms with Crippen LogP contribution in [-0.4, -0.2) is 8.42 Å². The highest BCUT2D eigenvalue weighted by Gasteiger charge is 2.21. The fourth-order valence-corrected chi connectivity index (χ4v) is 3.78. The average Bonchev–Trinajstić information content (AvgIpc) is 2.45. The number of halogens is 1. The Labute approximate surface area is 136 Å². The summed E-state index contributed by atoms with van der Waals surface area (Å²) in [4.78, 5) is 0.0891. The van der Waals surface area contributed by atoms with E-state index in [1.54, 1.807) is 18.2 Å². The summed E-state index contributed by atoms with van der Waals surface area (Å²) >= 11 is 6.21. The van der Waals surface area contributed by atoms with Crippen molar-refractivity contribution in [1.29, 1.82) is 0 Å². The molecule has 0 saturated carbocycles. The zero-order chi connectivity index (χ0) is 16.3. The Morgan fingerprint density at radius 2 is 1.86 bits per heavy atom. The van der Waals surface area contributed by atoms with E-state index in [1.807, 2.05) is 6.07 Å². The van der Waals surface area contributed by atoms with Gasteiger partial charge in [0, 0.05) is 16.5 Å². The molecule has 0 aliphatic heterocycles. The third-order valence-corrected chi connectivity index (χ3v) is 5.10. The first-order valence-electron chi connectivity index (χ1n) is 7.35. The number of hydrogen-bond donors (Lipinski definition) is 2. The second-order valence-electron chi connectivity index (χ2n) is 5.46. The van der Waals surface area contributed by atoms with E-state index in [0.29, 0.717) is 17.0 Å². The molecule has 1 atom stereocenters. The molecule has 4 nitrogen and oxygen atoms in total. The van der Waals surface area contributed by atoms with E-state index in [0.717, 1.165) is 30.0 Å². The largest absolute Gasteiger partial charge is 0.324 e. The monoisotopic (exact) mass is 340 g/mol. The molecule has 0 amide bonds. The van der Waals surface area contributed by atoms with E-state index in [1.165, 1.54) is 6.07 Å². The lowest BCUT2D eigenvalue weighted by molar-refractivity contribution is 0.569. The van der Waals surface area contributed by atoms with Crippen LogP contribution in [-0.2, 0) is 10.0 Å². The van der Waals surface area contributed by atoms with Gasteiger partial charge in [-0.1, -0.05) is 56.0 Å². The first-order valence-corrected chi connectivity index (χ1v) is 9.28. The number of hydrogen-bond acceptors (Lipinski definition) is 3. The van der Waals surface area contributed by atoms with Gasteiger partial charge in [0.15, 0.2) is 0 Å². The number of sulfonamides is 1. The molecule has 0 aliphatic carbocycles. The number of fused-ring (bicyclic) bond motifs is 1. The van der Waals surface area contributed by atoms with Crippen LogP contribution >= 0.6 is 11.6 Å². The van der Waals surface area contributed by atoms with Crippen LogP contribution in [0.4, 0.5) is 0 Å². The van der Waals surface area contributed by atoms with Gasteiger partial charge in [-0.25, -0.2) is 13.6 Å². The van der Waals surface area contributed by atoms with E-state index in [2.05, 4.69) is 6.92 Å². The van der Waals surface area contributed by atoms with Gasteiger partial charge >= 0.3 is 0 Å². The molecule has 0 aromatic heterocycles. The molecule has 2 aromatic rings. The molecule has 6 heteroatoms. The van der Waals surface area contributed by atoms with Gasteiger partial charge in [0.25, 0.3) is 0 Å². The van der Waals surface area contributed by atoms with E-state index in [-0.39, 0.29) is 10.9 Å². The SMILES string of the molecule is CCCCCC(N)c1c(S(N)(=O)=O)ccc2c(Cl)cccc12. The summed E-state index contributed by atoms with van der Waals surface area (Å²) in [6.45, 7) is 2.11. The molecule has 0 fully saturated rings. The van der Waals surface area contributed by atoms with Gasteiger partial charge in [-0.05, 0) is 29.5 Å². The molecule has 0 radical (unpaired) electrons. The quantitative estimate of drug-likeness (QED) is 0.786. The van der Waals surface area contributed by atoms with Crippen molar-refractivity contribution in [2.75, 3.05) is 0 Å². The van der Waals surface area contributed by atoms with E-state index in [9.17, 15) is 8.42 Å². The molecule has 2 aromatic carbocycles. The first kappa shape index (κ1) is 17.2. The highest BCUT2D eigenvalue weighted by Crippen LogP contribution is 2.34. The maximum atomic E-state index is 11.9. The maximum absolute atomic E-state index is 11.9. The molecular formula is C16H21ClN2O2S. The van der Waals surface area contributed by atoms with Gasteiger partial charge in [-0.2, -0.15) is 0 Å². The summed E-state index contributed by atoms with van der Waals surface area (Å²) in [6, 6.07) is 8.19. The predicted octanol–water partition coefficient (Wildman–Crippen LogP) is 3.72. The maximum Gasteiger partial charge on any atom is 0.238 e. The summed E-state index contributed by atoms with van der Waals surface area (Å²) in [7, 11) is -3.84. The number of nitrogens with two attached hydrogens (primary N) is 2. The van der Waals surface area contributed by atoms with Crippen molar-refractivity contribution in [3.05, 3.63) is 40.9 Å². The highest BCUT2D eigenvalue weighted by molar-refractivity contribution is 7.89. The minimum atomic E-state index is -3.84. The van der Waals surface area contributed by atoms with Gasteiger partial charge in [-0.3, -0.25) is 0 Å². The minimum Gasteiger partial charge on any atom is -0.324 e. The lowest BCUT2D eigenvalue weighted by Crippen LogP contribution is -2.20. The molecule has 0 bridgehead atoms. The van der Waals surface area contributed by atoms with Crippen LogP contribution in [0.1, 0.15) is 44.2 Å². The van der Waals surface area contributed by atoms with E-state index in [4.69, 9.17) is 22.5 Å². The summed E-state index contributed by atoms with van der Waals surface area (Å²) in [5.74, 6) is 0. The predicted molar refractivity (Wildman–Crippen MR) is 91.4 cm³/mol. The van der Waals surface area contributed by atoms with Gasteiger partial charge in [0.2, 0.25) is 10.0 Å². The fraction of sp³-hybridized carbons (Fsp3) is 0.375. The van der Waals surface area contributed by atoms with E-state index >= 15 is 0 Å². The second kappa shape index (κ2) is 6.96. The molecule has 2 rings (SSSR count). The molecular weight excluding hydrogens is 320 g/mol. The van der Waals surface area contributed by atoms with Crippen LogP contribution in [0.25, 0.3) is 10.8 Å². The van der Waals surface area contributed by atoms with Crippen LogP contribution in [0, 0.1) is 0 Å². The molecule has 120 valence electrons. The molecule has 0 aliphatic rings. The third-order valence-electron chi connectivity index (χ3n) is 3.81. The average molecular weight is 341 g/mol. The van der Waals surface area contributed by atoms with Crippen molar-refractivity contribution in [3.8, 4) is 0 Å². The van der Waals surface area contributed by atoms with Crippen molar-refractivity contribution in [2.24, 2.45) is 10.9 Å². The first-order chi connectivity index (χ1) is 10.4. The van der Waals surface area contributed by atoms with Gasteiger partial charge in [0.05, 0.1) is 4.90 Å². The lowest BCUT2D eigenvalue weighted by Gasteiger charge is -2.18. The normalized spacial score (nSPS) is 13.5. The van der Waals surface area contributed by atoms with Crippen molar-refractivity contribution in [2.45, 2.75) is 43.5 Å². The zero-order valence-corrected chi connectivity index (χ0v) is 14.1. The van der Waals surface area contributed by atoms with Gasteiger partial charge < -0.3 is 5.73 Å². The highest BCUT2D eigenvalue weighted by atomic mass is 35.5. The smallest absolute Gasteiger partial charge is 0.238 e. The van der Waals surface area contributed by atoms with Crippen molar-refractivity contribution in [1.82, 2.24) is 0 Å². The zero-order valence-electron chi connectivity index (χ0n) is 12.5. The molecule has 0 saturated heterocycles. The summed E-state index contributed by atoms with van der Waals surface area (Å²) < 4.78 is 23.8. The Kier molecular flexibility index (Phi) is 5.45. The number of unbranched alkanes of at least 4 members (excludes halogenated alkanes) is 2. The van der Waals surface area contributed by atoms with Crippen molar-refractivity contribution in [3.63, 3.8) is 0 Å². The standard InChI is InChI=1S/C16H21ClN2O2S/c1-2-3-4-8-14(18)16-12-6-5-7-13(17)11(12)9-10-15(16)22(19,20)21/h5-7,9-10,14H,2-4,8,18H2,1H3,(H2,19,20,21). The van der Waals surface area contributed by atoms with Crippen LogP contribution in [0.3, 0.4) is 0 Å². The number of rotatable bonds is 6. The Balaban J connectivity index is 2.63. The third kappa shape index (κ3) is 3.60. The van der Waals surface area contributed by atoms with Gasteiger partial charge in [-0.15, -0.1) is 0 Å². The number of primary sulfonamides is 1. The number of benzene rings is 2. The Hall–Kier alpha value is -1.14. The van der Waals surface area contributed by atoms with Crippen LogP contribution < -0.4 is 10.9 Å². The summed E-state index contributed by atoms with van der Waals surface area (Å²) in [6.07, 6.45) is 3.79. The van der Waals surface area contributed by atoms with Crippen LogP contribution in [0.2, 0.25) is 5.02 Å². The van der Waals surface area contributed by atoms with Crippen molar-refractivity contribution < 1.29 is 8.42 Å². The fourth-order valence-electron chi connectivity index (χ4n) is 2.71. The molecule has 1 unspecified atom stereocenters.